The van der Waals surface area contributed by atoms with Crippen LogP contribution in [0, 0.1) is 0 Å². The number of rotatable bonds is 10. The first-order valence-corrected chi connectivity index (χ1v) is 10.9. The van der Waals surface area contributed by atoms with Gasteiger partial charge in [-0.2, -0.15) is 0 Å². The fourth-order valence-corrected chi connectivity index (χ4v) is 4.07. The smallest absolute Gasteiger partial charge is 0.277 e. The van der Waals surface area contributed by atoms with Crippen molar-refractivity contribution in [3.63, 3.8) is 0 Å². The molecule has 0 spiro atoms. The molecule has 8 nitrogen and oxygen atoms in total. The summed E-state index contributed by atoms with van der Waals surface area (Å²) >= 11 is 0. The summed E-state index contributed by atoms with van der Waals surface area (Å²) in [6.07, 6.45) is 0.613. The van der Waals surface area contributed by atoms with Gasteiger partial charge in [-0.3, -0.25) is 14.5 Å². The molecule has 0 N–H and O–H groups in total. The second kappa shape index (κ2) is 10.6. The van der Waals surface area contributed by atoms with Crippen LogP contribution in [0.2, 0.25) is 0 Å². The normalized spacial score (nSPS) is 17.7. The zero-order valence-electron chi connectivity index (χ0n) is 19.0. The van der Waals surface area contributed by atoms with Gasteiger partial charge in [0.2, 0.25) is 0 Å². The molecular formula is C23H33N3O5. The highest BCUT2D eigenvalue weighted by Gasteiger charge is 2.42. The highest BCUT2D eigenvalue weighted by atomic mass is 16.5. The van der Waals surface area contributed by atoms with Gasteiger partial charge in [0, 0.05) is 45.9 Å². The molecule has 2 heterocycles. The topological polar surface area (TPSA) is 71.6 Å². The molecule has 0 bridgehead atoms. The Balaban J connectivity index is 1.95. The molecule has 3 rings (SSSR count). The molecule has 1 saturated heterocycles. The number of piperazine rings is 1. The van der Waals surface area contributed by atoms with Crippen LogP contribution in [0.4, 0.5) is 0 Å². The third kappa shape index (κ3) is 4.85. The predicted molar refractivity (Wildman–Crippen MR) is 118 cm³/mol. The van der Waals surface area contributed by atoms with Crippen LogP contribution in [0.1, 0.15) is 25.8 Å². The standard InChI is InChI=1S/C23H33N3O5/c1-5-24-11-13-25(14-12-24)21-20(17-8-9-18(29-3)19(16-17)30-4)22(27)26(23(21)28)10-7-15-31-6-2/h8-9,16H,5-7,10-15H2,1-4H3. The van der Waals surface area contributed by atoms with E-state index in [9.17, 15) is 9.59 Å². The Morgan fingerprint density at radius 3 is 2.26 bits per heavy atom. The number of ether oxygens (including phenoxy) is 3. The fourth-order valence-electron chi connectivity index (χ4n) is 4.07. The predicted octanol–water partition coefficient (Wildman–Crippen LogP) is 1.85. The largest absolute Gasteiger partial charge is 0.493 e. The van der Waals surface area contributed by atoms with Crippen molar-refractivity contribution >= 4 is 17.4 Å². The molecule has 2 aliphatic heterocycles. The molecule has 2 amide bonds. The molecule has 1 aromatic carbocycles. The third-order valence-corrected chi connectivity index (χ3v) is 5.83. The molecule has 170 valence electrons. The van der Waals surface area contributed by atoms with Gasteiger partial charge in [0.05, 0.1) is 19.8 Å². The lowest BCUT2D eigenvalue weighted by Crippen LogP contribution is -2.47. The van der Waals surface area contributed by atoms with E-state index in [4.69, 9.17) is 14.2 Å². The number of carbonyl (C=O) groups excluding carboxylic acids is 2. The van der Waals surface area contributed by atoms with Crippen molar-refractivity contribution in [2.45, 2.75) is 20.3 Å². The van der Waals surface area contributed by atoms with Crippen molar-refractivity contribution in [1.82, 2.24) is 14.7 Å². The van der Waals surface area contributed by atoms with Gasteiger partial charge in [0.1, 0.15) is 5.70 Å². The average molecular weight is 432 g/mol. The van der Waals surface area contributed by atoms with E-state index < -0.39 is 0 Å². The maximum Gasteiger partial charge on any atom is 0.277 e. The second-order valence-electron chi connectivity index (χ2n) is 7.53. The molecule has 0 radical (unpaired) electrons. The molecule has 0 aliphatic carbocycles. The zero-order chi connectivity index (χ0) is 22.4. The van der Waals surface area contributed by atoms with Gasteiger partial charge < -0.3 is 24.0 Å². The van der Waals surface area contributed by atoms with Gasteiger partial charge in [-0.05, 0) is 37.6 Å². The lowest BCUT2D eigenvalue weighted by molar-refractivity contribution is -0.137. The molecular weight excluding hydrogens is 398 g/mol. The van der Waals surface area contributed by atoms with E-state index in [0.29, 0.717) is 67.6 Å². The van der Waals surface area contributed by atoms with Crippen LogP contribution in [0.5, 0.6) is 11.5 Å². The first-order valence-electron chi connectivity index (χ1n) is 10.9. The number of carbonyl (C=O) groups is 2. The van der Waals surface area contributed by atoms with Gasteiger partial charge in [0.25, 0.3) is 11.8 Å². The minimum absolute atomic E-state index is 0.226. The Hall–Kier alpha value is -2.58. The number of benzene rings is 1. The van der Waals surface area contributed by atoms with Crippen molar-refractivity contribution in [2.75, 3.05) is 66.7 Å². The van der Waals surface area contributed by atoms with Crippen LogP contribution in [0.25, 0.3) is 5.57 Å². The Labute approximate surface area is 184 Å². The van der Waals surface area contributed by atoms with Crippen LogP contribution < -0.4 is 9.47 Å². The van der Waals surface area contributed by atoms with Crippen LogP contribution in [-0.4, -0.2) is 93.2 Å². The summed E-state index contributed by atoms with van der Waals surface area (Å²) in [6.45, 7) is 9.67. The van der Waals surface area contributed by atoms with E-state index in [0.717, 1.165) is 19.6 Å². The zero-order valence-corrected chi connectivity index (χ0v) is 19.0. The number of amides is 2. The lowest BCUT2D eigenvalue weighted by atomic mass is 10.0. The highest BCUT2D eigenvalue weighted by Crippen LogP contribution is 2.36. The lowest BCUT2D eigenvalue weighted by Gasteiger charge is -2.36. The SMILES string of the molecule is CCOCCCN1C(=O)C(c2ccc(OC)c(OC)c2)=C(N2CCN(CC)CC2)C1=O. The van der Waals surface area contributed by atoms with E-state index >= 15 is 0 Å². The summed E-state index contributed by atoms with van der Waals surface area (Å²) in [7, 11) is 3.13. The van der Waals surface area contributed by atoms with E-state index in [-0.39, 0.29) is 11.8 Å². The molecule has 0 saturated carbocycles. The Morgan fingerprint density at radius 2 is 1.65 bits per heavy atom. The Bertz CT molecular complexity index is 831. The summed E-state index contributed by atoms with van der Waals surface area (Å²) in [5.41, 5.74) is 1.59. The molecule has 0 aromatic heterocycles. The summed E-state index contributed by atoms with van der Waals surface area (Å²) in [6, 6.07) is 5.35. The van der Waals surface area contributed by atoms with Gasteiger partial charge in [-0.1, -0.05) is 13.0 Å². The first kappa shape index (κ1) is 23.1. The number of nitrogens with zero attached hydrogens (tertiary/aromatic N) is 3. The monoisotopic (exact) mass is 431 g/mol. The van der Waals surface area contributed by atoms with Gasteiger partial charge in [-0.15, -0.1) is 0 Å². The van der Waals surface area contributed by atoms with E-state index in [1.54, 1.807) is 26.4 Å². The number of hydrogen-bond donors (Lipinski definition) is 0. The van der Waals surface area contributed by atoms with Crippen molar-refractivity contribution in [3.8, 4) is 11.5 Å². The average Bonchev–Trinajstić information content (AvgIpc) is 3.05. The van der Waals surface area contributed by atoms with E-state index in [1.807, 2.05) is 13.0 Å². The van der Waals surface area contributed by atoms with Crippen molar-refractivity contribution in [1.29, 1.82) is 0 Å². The summed E-state index contributed by atoms with van der Waals surface area (Å²) in [5, 5.41) is 0. The highest BCUT2D eigenvalue weighted by molar-refractivity contribution is 6.35. The molecule has 8 heteroatoms. The van der Waals surface area contributed by atoms with Crippen molar-refractivity contribution in [3.05, 3.63) is 29.5 Å². The number of methoxy groups -OCH3 is 2. The molecule has 0 atom stereocenters. The van der Waals surface area contributed by atoms with E-state index in [2.05, 4.69) is 16.7 Å². The van der Waals surface area contributed by atoms with Crippen LogP contribution in [0.3, 0.4) is 0 Å². The summed E-state index contributed by atoms with van der Waals surface area (Å²) in [5.74, 6) is 0.617. The maximum absolute atomic E-state index is 13.4. The first-order chi connectivity index (χ1) is 15.0. The van der Waals surface area contributed by atoms with Crippen LogP contribution >= 0.6 is 0 Å². The number of hydrogen-bond acceptors (Lipinski definition) is 7. The van der Waals surface area contributed by atoms with E-state index in [1.165, 1.54) is 4.90 Å². The summed E-state index contributed by atoms with van der Waals surface area (Å²) in [4.78, 5) is 32.5. The Morgan fingerprint density at radius 1 is 0.935 bits per heavy atom. The minimum Gasteiger partial charge on any atom is -0.493 e. The second-order valence-corrected chi connectivity index (χ2v) is 7.53. The number of imide groups is 1. The van der Waals surface area contributed by atoms with Crippen LogP contribution in [-0.2, 0) is 14.3 Å². The van der Waals surface area contributed by atoms with Crippen molar-refractivity contribution < 1.29 is 23.8 Å². The summed E-state index contributed by atoms with van der Waals surface area (Å²) < 4.78 is 16.2. The molecule has 1 fully saturated rings. The van der Waals surface area contributed by atoms with Gasteiger partial charge in [-0.25, -0.2) is 0 Å². The minimum atomic E-state index is -0.262. The number of likely N-dealkylation sites (N-methyl/N-ethyl adjacent to an activating group) is 1. The van der Waals surface area contributed by atoms with Gasteiger partial charge >= 0.3 is 0 Å². The molecule has 1 aromatic rings. The molecule has 2 aliphatic rings. The third-order valence-electron chi connectivity index (χ3n) is 5.83. The fraction of sp³-hybridized carbons (Fsp3) is 0.565. The molecule has 31 heavy (non-hydrogen) atoms. The van der Waals surface area contributed by atoms with Crippen molar-refractivity contribution in [2.24, 2.45) is 0 Å². The van der Waals surface area contributed by atoms with Crippen LogP contribution in [0.15, 0.2) is 23.9 Å². The van der Waals surface area contributed by atoms with Gasteiger partial charge in [0.15, 0.2) is 11.5 Å². The maximum atomic E-state index is 13.4. The quantitative estimate of drug-likeness (QED) is 0.414. The Kier molecular flexibility index (Phi) is 7.92. The molecule has 0 unspecified atom stereocenters.